The molecule has 0 saturated carbocycles. The molecule has 0 bridgehead atoms. The van der Waals surface area contributed by atoms with Crippen LogP contribution in [0.25, 0.3) is 0 Å². The molecule has 0 amide bonds. The van der Waals surface area contributed by atoms with E-state index in [2.05, 4.69) is 4.40 Å². The molecule has 6 nitrogen and oxygen atoms in total. The minimum atomic E-state index is -3.77. The third-order valence-corrected chi connectivity index (χ3v) is 4.49. The van der Waals surface area contributed by atoms with Gasteiger partial charge in [-0.15, -0.1) is 4.40 Å². The summed E-state index contributed by atoms with van der Waals surface area (Å²) in [6.07, 6.45) is 1.21. The third kappa shape index (κ3) is 3.51. The number of halogens is 1. The standard InChI is InChI=1S/C14H15FN2O4S/c1-3-17-8-13(10(2)16-22(17,19)20)14(18)21-9-11-4-6-12(15)7-5-11/h4-8H,3,9H2,1-2H3. The van der Waals surface area contributed by atoms with Crippen molar-refractivity contribution in [2.45, 2.75) is 20.5 Å². The number of rotatable bonds is 4. The van der Waals surface area contributed by atoms with Gasteiger partial charge in [0.15, 0.2) is 0 Å². The first-order valence-electron chi connectivity index (χ1n) is 6.55. The van der Waals surface area contributed by atoms with Crippen LogP contribution in [-0.4, -0.2) is 30.9 Å². The molecule has 2 rings (SSSR count). The van der Waals surface area contributed by atoms with Crippen LogP contribution in [0.15, 0.2) is 40.4 Å². The maximum Gasteiger partial charge on any atom is 0.344 e. The highest BCUT2D eigenvalue weighted by Gasteiger charge is 2.27. The van der Waals surface area contributed by atoms with Gasteiger partial charge in [-0.05, 0) is 31.5 Å². The number of nitrogens with zero attached hydrogens (tertiary/aromatic N) is 2. The van der Waals surface area contributed by atoms with Crippen molar-refractivity contribution in [2.75, 3.05) is 6.54 Å². The van der Waals surface area contributed by atoms with E-state index < -0.39 is 16.2 Å². The average molecular weight is 326 g/mol. The third-order valence-electron chi connectivity index (χ3n) is 3.03. The Morgan fingerprint density at radius 2 is 1.95 bits per heavy atom. The van der Waals surface area contributed by atoms with Gasteiger partial charge in [0.05, 0.1) is 11.3 Å². The normalized spacial score (nSPS) is 16.8. The molecule has 0 saturated heterocycles. The van der Waals surface area contributed by atoms with Crippen LogP contribution in [0.5, 0.6) is 0 Å². The van der Waals surface area contributed by atoms with Crippen LogP contribution in [0.1, 0.15) is 19.4 Å². The van der Waals surface area contributed by atoms with Crippen LogP contribution in [-0.2, 0) is 26.3 Å². The van der Waals surface area contributed by atoms with Crippen molar-refractivity contribution >= 4 is 21.9 Å². The second-order valence-corrected chi connectivity index (χ2v) is 6.15. The van der Waals surface area contributed by atoms with Crippen LogP contribution >= 0.6 is 0 Å². The molecule has 0 N–H and O–H groups in total. The van der Waals surface area contributed by atoms with E-state index >= 15 is 0 Å². The van der Waals surface area contributed by atoms with E-state index in [4.69, 9.17) is 4.74 Å². The molecule has 0 fully saturated rings. The lowest BCUT2D eigenvalue weighted by atomic mass is 10.2. The molecule has 0 spiro atoms. The van der Waals surface area contributed by atoms with Gasteiger partial charge in [0.1, 0.15) is 12.4 Å². The lowest BCUT2D eigenvalue weighted by molar-refractivity contribution is -0.139. The van der Waals surface area contributed by atoms with Gasteiger partial charge in [0, 0.05) is 12.7 Å². The van der Waals surface area contributed by atoms with E-state index in [0.29, 0.717) is 5.56 Å². The van der Waals surface area contributed by atoms with Crippen molar-refractivity contribution in [1.82, 2.24) is 4.31 Å². The summed E-state index contributed by atoms with van der Waals surface area (Å²) in [5.74, 6) is -1.06. The largest absolute Gasteiger partial charge is 0.457 e. The molecule has 0 atom stereocenters. The van der Waals surface area contributed by atoms with Crippen LogP contribution in [0.3, 0.4) is 0 Å². The molecule has 1 aromatic carbocycles. The number of hydrogen-bond donors (Lipinski definition) is 0. The van der Waals surface area contributed by atoms with Gasteiger partial charge in [-0.3, -0.25) is 4.31 Å². The van der Waals surface area contributed by atoms with Gasteiger partial charge in [0.25, 0.3) is 0 Å². The zero-order valence-corrected chi connectivity index (χ0v) is 12.9. The van der Waals surface area contributed by atoms with Crippen molar-refractivity contribution in [1.29, 1.82) is 0 Å². The van der Waals surface area contributed by atoms with Gasteiger partial charge in [-0.25, -0.2) is 9.18 Å². The highest BCUT2D eigenvalue weighted by Crippen LogP contribution is 2.17. The highest BCUT2D eigenvalue weighted by molar-refractivity contribution is 7.88. The van der Waals surface area contributed by atoms with Gasteiger partial charge in [-0.2, -0.15) is 8.42 Å². The summed E-state index contributed by atoms with van der Waals surface area (Å²) in [5, 5.41) is 0. The smallest absolute Gasteiger partial charge is 0.344 e. The fourth-order valence-corrected chi connectivity index (χ4v) is 2.95. The van der Waals surface area contributed by atoms with Gasteiger partial charge < -0.3 is 4.74 Å². The quantitative estimate of drug-likeness (QED) is 0.791. The topological polar surface area (TPSA) is 76.0 Å². The SMILES string of the molecule is CCN1C=C(C(=O)OCc2ccc(F)cc2)C(C)=NS1(=O)=O. The van der Waals surface area contributed by atoms with Gasteiger partial charge >= 0.3 is 16.2 Å². The minimum absolute atomic E-state index is 0.0391. The Hall–Kier alpha value is -2.22. The maximum atomic E-state index is 12.8. The van der Waals surface area contributed by atoms with E-state index in [0.717, 1.165) is 4.31 Å². The Kier molecular flexibility index (Phi) is 4.60. The molecule has 22 heavy (non-hydrogen) atoms. The average Bonchev–Trinajstić information content (AvgIpc) is 2.45. The number of carbonyl (C=O) groups is 1. The first-order valence-corrected chi connectivity index (χ1v) is 7.95. The Morgan fingerprint density at radius 1 is 1.32 bits per heavy atom. The van der Waals surface area contributed by atoms with E-state index in [9.17, 15) is 17.6 Å². The Bertz CT molecular complexity index is 739. The maximum absolute atomic E-state index is 12.8. The van der Waals surface area contributed by atoms with Gasteiger partial charge in [0.2, 0.25) is 0 Å². The summed E-state index contributed by atoms with van der Waals surface area (Å²) in [6, 6.07) is 5.53. The van der Waals surface area contributed by atoms with E-state index in [-0.39, 0.29) is 30.3 Å². The molecule has 1 aromatic rings. The van der Waals surface area contributed by atoms with Crippen molar-refractivity contribution < 1.29 is 22.3 Å². The second-order valence-electron chi connectivity index (χ2n) is 4.60. The number of benzene rings is 1. The van der Waals surface area contributed by atoms with E-state index in [1.54, 1.807) is 6.92 Å². The van der Waals surface area contributed by atoms with Crippen LogP contribution < -0.4 is 0 Å². The summed E-state index contributed by atoms with van der Waals surface area (Å²) >= 11 is 0. The first-order chi connectivity index (χ1) is 10.3. The van der Waals surface area contributed by atoms with Crippen molar-refractivity contribution in [3.8, 4) is 0 Å². The molecule has 1 aliphatic heterocycles. The molecule has 0 aromatic heterocycles. The summed E-state index contributed by atoms with van der Waals surface area (Å²) in [5.41, 5.74) is 0.785. The number of esters is 1. The van der Waals surface area contributed by atoms with E-state index in [1.807, 2.05) is 0 Å². The van der Waals surface area contributed by atoms with Crippen LogP contribution in [0.2, 0.25) is 0 Å². The zero-order chi connectivity index (χ0) is 16.3. The summed E-state index contributed by atoms with van der Waals surface area (Å²) in [6.45, 7) is 3.18. The summed E-state index contributed by atoms with van der Waals surface area (Å²) in [7, 11) is -3.77. The fourth-order valence-electron chi connectivity index (χ4n) is 1.84. The van der Waals surface area contributed by atoms with Crippen molar-refractivity contribution in [3.05, 3.63) is 47.4 Å². The highest BCUT2D eigenvalue weighted by atomic mass is 32.2. The van der Waals surface area contributed by atoms with E-state index in [1.165, 1.54) is 37.4 Å². The first kappa shape index (κ1) is 16.2. The summed E-state index contributed by atoms with van der Waals surface area (Å²) in [4.78, 5) is 12.1. The molecule has 0 radical (unpaired) electrons. The number of hydrogen-bond acceptors (Lipinski definition) is 4. The summed E-state index contributed by atoms with van der Waals surface area (Å²) < 4.78 is 45.8. The Balaban J connectivity index is 2.10. The molecular formula is C14H15FN2O4S. The minimum Gasteiger partial charge on any atom is -0.457 e. The lowest BCUT2D eigenvalue weighted by Crippen LogP contribution is -2.31. The molecule has 118 valence electrons. The van der Waals surface area contributed by atoms with Crippen LogP contribution in [0, 0.1) is 5.82 Å². The van der Waals surface area contributed by atoms with Crippen molar-refractivity contribution in [3.63, 3.8) is 0 Å². The molecule has 0 unspecified atom stereocenters. The van der Waals surface area contributed by atoms with Gasteiger partial charge in [-0.1, -0.05) is 12.1 Å². The predicted octanol–water partition coefficient (Wildman–Crippen LogP) is 1.79. The fraction of sp³-hybridized carbons (Fsp3) is 0.286. The van der Waals surface area contributed by atoms with Crippen LogP contribution in [0.4, 0.5) is 4.39 Å². The monoisotopic (exact) mass is 326 g/mol. The lowest BCUT2D eigenvalue weighted by Gasteiger charge is -2.21. The molecule has 8 heteroatoms. The number of ether oxygens (including phenoxy) is 1. The molecule has 0 aliphatic carbocycles. The Labute approximate surface area is 128 Å². The number of carbonyl (C=O) groups excluding carboxylic acids is 1. The Morgan fingerprint density at radius 3 is 2.55 bits per heavy atom. The van der Waals surface area contributed by atoms with Crippen molar-refractivity contribution in [2.24, 2.45) is 4.40 Å². The molecular weight excluding hydrogens is 311 g/mol. The predicted molar refractivity (Wildman–Crippen MR) is 78.7 cm³/mol. The molecule has 1 heterocycles. The molecule has 1 aliphatic rings. The zero-order valence-electron chi connectivity index (χ0n) is 12.1. The second kappa shape index (κ2) is 6.27.